The molecule has 2 rings (SSSR count). The second-order valence-corrected chi connectivity index (χ2v) is 4.58. The molecule has 0 aliphatic rings. The van der Waals surface area contributed by atoms with Gasteiger partial charge in [-0.25, -0.2) is 0 Å². The Hall–Kier alpha value is -1.31. The second kappa shape index (κ2) is 5.35. The van der Waals surface area contributed by atoms with Gasteiger partial charge in [-0.05, 0) is 47.9 Å². The first kappa shape index (κ1) is 12.2. The van der Waals surface area contributed by atoms with Gasteiger partial charge in [0.2, 0.25) is 0 Å². The monoisotopic (exact) mass is 263 g/mol. The van der Waals surface area contributed by atoms with Crippen molar-refractivity contribution in [1.29, 1.82) is 0 Å². The molecule has 1 aromatic heterocycles. The van der Waals surface area contributed by atoms with Crippen LogP contribution in [0.3, 0.4) is 0 Å². The van der Waals surface area contributed by atoms with Crippen molar-refractivity contribution in [3.63, 3.8) is 0 Å². The molecule has 0 aliphatic carbocycles. The molecule has 2 aromatic rings. The number of benzene rings is 1. The van der Waals surface area contributed by atoms with Crippen LogP contribution < -0.4 is 0 Å². The van der Waals surface area contributed by atoms with Gasteiger partial charge in [0.25, 0.3) is 0 Å². The Morgan fingerprint density at radius 1 is 1.24 bits per heavy atom. The minimum absolute atomic E-state index is 0.645. The van der Waals surface area contributed by atoms with Gasteiger partial charge >= 0.3 is 0 Å². The number of pyridine rings is 1. The van der Waals surface area contributed by atoms with Crippen molar-refractivity contribution in [3.8, 4) is 0 Å². The van der Waals surface area contributed by atoms with E-state index in [9.17, 15) is 0 Å². The minimum Gasteiger partial charge on any atom is -0.264 e. The van der Waals surface area contributed by atoms with Gasteiger partial charge < -0.3 is 0 Å². The molecule has 0 aliphatic heterocycles. The summed E-state index contributed by atoms with van der Waals surface area (Å²) in [4.78, 5) is 4.09. The molecule has 0 saturated carbocycles. The van der Waals surface area contributed by atoms with Gasteiger partial charge in [0.05, 0.1) is 0 Å². The van der Waals surface area contributed by atoms with Crippen molar-refractivity contribution in [3.05, 3.63) is 63.9 Å². The Labute approximate surface area is 111 Å². The smallest absolute Gasteiger partial charge is 0.0493 e. The van der Waals surface area contributed by atoms with Crippen LogP contribution >= 0.6 is 23.2 Å². The van der Waals surface area contributed by atoms with E-state index in [0.29, 0.717) is 10.0 Å². The van der Waals surface area contributed by atoms with Crippen LogP contribution in [0.25, 0.3) is 11.6 Å². The zero-order valence-corrected chi connectivity index (χ0v) is 10.8. The van der Waals surface area contributed by atoms with E-state index in [-0.39, 0.29) is 0 Å². The molecule has 0 saturated heterocycles. The molecular weight excluding hydrogens is 253 g/mol. The lowest BCUT2D eigenvalue weighted by molar-refractivity contribution is 1.31. The Morgan fingerprint density at radius 2 is 2.06 bits per heavy atom. The summed E-state index contributed by atoms with van der Waals surface area (Å²) in [6.45, 7) is 2.03. The number of hydrogen-bond donors (Lipinski definition) is 0. The van der Waals surface area contributed by atoms with Gasteiger partial charge in [-0.3, -0.25) is 4.98 Å². The second-order valence-electron chi connectivity index (χ2n) is 3.73. The van der Waals surface area contributed by atoms with E-state index in [2.05, 4.69) is 4.98 Å². The molecule has 86 valence electrons. The third-order valence-corrected chi connectivity index (χ3v) is 3.01. The molecule has 3 heteroatoms. The van der Waals surface area contributed by atoms with E-state index in [1.807, 2.05) is 43.5 Å². The maximum Gasteiger partial charge on any atom is 0.0493 e. The van der Waals surface area contributed by atoms with Crippen LogP contribution in [0.2, 0.25) is 10.0 Å². The van der Waals surface area contributed by atoms with Crippen LogP contribution in [-0.4, -0.2) is 4.98 Å². The van der Waals surface area contributed by atoms with Crippen molar-refractivity contribution < 1.29 is 0 Å². The quantitative estimate of drug-likeness (QED) is 0.747. The predicted molar refractivity (Wildman–Crippen MR) is 74.2 cm³/mol. The lowest BCUT2D eigenvalue weighted by atomic mass is 10.1. The highest BCUT2D eigenvalue weighted by Gasteiger charge is 2.00. The fourth-order valence-electron chi connectivity index (χ4n) is 1.53. The van der Waals surface area contributed by atoms with Crippen LogP contribution in [0.4, 0.5) is 0 Å². The lowest BCUT2D eigenvalue weighted by Gasteiger charge is -2.03. The van der Waals surface area contributed by atoms with E-state index in [1.165, 1.54) is 0 Å². The normalized spacial score (nSPS) is 11.6. The number of rotatable bonds is 2. The van der Waals surface area contributed by atoms with Crippen LogP contribution in [0.15, 0.2) is 42.7 Å². The molecule has 1 heterocycles. The van der Waals surface area contributed by atoms with Gasteiger partial charge in [-0.15, -0.1) is 0 Å². The van der Waals surface area contributed by atoms with Gasteiger partial charge in [0.15, 0.2) is 0 Å². The van der Waals surface area contributed by atoms with Gasteiger partial charge in [0.1, 0.15) is 0 Å². The number of halogens is 2. The fraction of sp³-hybridized carbons (Fsp3) is 0.0714. The minimum atomic E-state index is 0.645. The predicted octanol–water partition coefficient (Wildman–Crippen LogP) is 4.95. The molecule has 0 unspecified atom stereocenters. The Kier molecular flexibility index (Phi) is 3.82. The fourth-order valence-corrected chi connectivity index (χ4v) is 1.99. The van der Waals surface area contributed by atoms with Crippen LogP contribution in [0.5, 0.6) is 0 Å². The van der Waals surface area contributed by atoms with Crippen molar-refractivity contribution in [2.45, 2.75) is 6.92 Å². The van der Waals surface area contributed by atoms with Crippen LogP contribution in [-0.2, 0) is 0 Å². The Balaban J connectivity index is 2.36. The number of hydrogen-bond acceptors (Lipinski definition) is 1. The summed E-state index contributed by atoms with van der Waals surface area (Å²) in [6.07, 6.45) is 5.61. The topological polar surface area (TPSA) is 12.9 Å². The number of aromatic nitrogens is 1. The molecule has 0 amide bonds. The van der Waals surface area contributed by atoms with Gasteiger partial charge in [0, 0.05) is 22.4 Å². The summed E-state index contributed by atoms with van der Waals surface area (Å²) in [7, 11) is 0. The summed E-state index contributed by atoms with van der Waals surface area (Å²) in [5.74, 6) is 0. The zero-order chi connectivity index (χ0) is 12.3. The molecule has 0 atom stereocenters. The third-order valence-electron chi connectivity index (χ3n) is 2.45. The average molecular weight is 264 g/mol. The highest BCUT2D eigenvalue weighted by molar-refractivity contribution is 6.35. The van der Waals surface area contributed by atoms with E-state index >= 15 is 0 Å². The molecule has 0 fully saturated rings. The Morgan fingerprint density at radius 3 is 2.71 bits per heavy atom. The van der Waals surface area contributed by atoms with Crippen molar-refractivity contribution >= 4 is 34.9 Å². The van der Waals surface area contributed by atoms with Crippen molar-refractivity contribution in [1.82, 2.24) is 4.98 Å². The van der Waals surface area contributed by atoms with E-state index in [0.717, 1.165) is 16.7 Å². The zero-order valence-electron chi connectivity index (χ0n) is 9.32. The first-order valence-corrected chi connectivity index (χ1v) is 5.96. The number of allylic oxidation sites excluding steroid dienone is 1. The summed E-state index contributed by atoms with van der Waals surface area (Å²) < 4.78 is 0. The van der Waals surface area contributed by atoms with E-state index < -0.39 is 0 Å². The third kappa shape index (κ3) is 3.09. The highest BCUT2D eigenvalue weighted by atomic mass is 35.5. The molecule has 1 nitrogen and oxygen atoms in total. The largest absolute Gasteiger partial charge is 0.264 e. The van der Waals surface area contributed by atoms with Crippen LogP contribution in [0.1, 0.15) is 18.1 Å². The highest BCUT2D eigenvalue weighted by Crippen LogP contribution is 2.25. The van der Waals surface area contributed by atoms with E-state index in [4.69, 9.17) is 23.2 Å². The molecular formula is C14H11Cl2N. The molecule has 0 radical (unpaired) electrons. The summed E-state index contributed by atoms with van der Waals surface area (Å²) in [5, 5.41) is 1.30. The standard InChI is InChI=1S/C14H11Cl2N/c1-10(12-3-2-6-17-9-12)7-11-4-5-13(15)8-14(11)16/h2-9H,1H3. The molecule has 1 aromatic carbocycles. The van der Waals surface area contributed by atoms with Gasteiger partial charge in [-0.1, -0.05) is 35.3 Å². The van der Waals surface area contributed by atoms with Crippen molar-refractivity contribution in [2.75, 3.05) is 0 Å². The maximum atomic E-state index is 6.12. The number of nitrogens with zero attached hydrogens (tertiary/aromatic N) is 1. The van der Waals surface area contributed by atoms with Gasteiger partial charge in [-0.2, -0.15) is 0 Å². The van der Waals surface area contributed by atoms with Crippen LogP contribution in [0, 0.1) is 0 Å². The first-order valence-electron chi connectivity index (χ1n) is 5.20. The van der Waals surface area contributed by atoms with E-state index in [1.54, 1.807) is 12.3 Å². The molecule has 0 spiro atoms. The van der Waals surface area contributed by atoms with Crippen molar-refractivity contribution in [2.24, 2.45) is 0 Å². The first-order chi connectivity index (χ1) is 8.16. The Bertz CT molecular complexity index is 547. The average Bonchev–Trinajstić information content (AvgIpc) is 2.34. The molecule has 0 N–H and O–H groups in total. The lowest BCUT2D eigenvalue weighted by Crippen LogP contribution is -1.82. The summed E-state index contributed by atoms with van der Waals surface area (Å²) >= 11 is 12.0. The molecule has 0 bridgehead atoms. The summed E-state index contributed by atoms with van der Waals surface area (Å²) in [6, 6.07) is 9.41. The maximum absolute atomic E-state index is 6.12. The molecule has 17 heavy (non-hydrogen) atoms. The SMILES string of the molecule is CC(=Cc1ccc(Cl)cc1Cl)c1cccnc1. The summed E-state index contributed by atoms with van der Waals surface area (Å²) in [5.41, 5.74) is 3.15.